The van der Waals surface area contributed by atoms with E-state index in [1.54, 1.807) is 41.8 Å². The van der Waals surface area contributed by atoms with Crippen molar-refractivity contribution in [1.82, 2.24) is 4.98 Å². The first-order valence-electron chi connectivity index (χ1n) is 9.60. The number of alkyl halides is 3. The van der Waals surface area contributed by atoms with Gasteiger partial charge in [-0.1, -0.05) is 42.5 Å². The predicted octanol–water partition coefficient (Wildman–Crippen LogP) is 6.66. The second-order valence-corrected chi connectivity index (χ2v) is 7.73. The number of carbonyl (C=O) groups is 1. The van der Waals surface area contributed by atoms with Gasteiger partial charge in [-0.15, -0.1) is 11.3 Å². The maximum absolute atomic E-state index is 12.9. The van der Waals surface area contributed by atoms with Crippen molar-refractivity contribution in [3.05, 3.63) is 101 Å². The van der Waals surface area contributed by atoms with E-state index in [-0.39, 0.29) is 12.5 Å². The van der Waals surface area contributed by atoms with Crippen LogP contribution in [0.3, 0.4) is 0 Å². The molecule has 4 aromatic rings. The summed E-state index contributed by atoms with van der Waals surface area (Å²) in [6, 6.07) is 21.2. The van der Waals surface area contributed by atoms with Gasteiger partial charge < -0.3 is 10.1 Å². The summed E-state index contributed by atoms with van der Waals surface area (Å²) in [5.74, 6) is 0.182. The number of nitrogens with zero attached hydrogens (tertiary/aromatic N) is 1. The topological polar surface area (TPSA) is 51.2 Å². The van der Waals surface area contributed by atoms with E-state index in [0.717, 1.165) is 17.7 Å². The monoisotopic (exact) mass is 454 g/mol. The highest BCUT2D eigenvalue weighted by Gasteiger charge is 2.30. The van der Waals surface area contributed by atoms with E-state index in [1.165, 1.54) is 17.4 Å². The molecule has 0 aliphatic carbocycles. The van der Waals surface area contributed by atoms with E-state index >= 15 is 0 Å². The number of ether oxygens (including phenoxy) is 1. The Hall–Kier alpha value is -3.65. The second-order valence-electron chi connectivity index (χ2n) is 6.87. The summed E-state index contributed by atoms with van der Waals surface area (Å²) in [5.41, 5.74) is 1.42. The third-order valence-corrected chi connectivity index (χ3v) is 5.40. The molecule has 0 radical (unpaired) electrons. The Labute approximate surface area is 186 Å². The number of thiazole rings is 1. The Bertz CT molecular complexity index is 1220. The lowest BCUT2D eigenvalue weighted by Gasteiger charge is -2.10. The van der Waals surface area contributed by atoms with Crippen LogP contribution in [0.4, 0.5) is 18.9 Å². The fourth-order valence-electron chi connectivity index (χ4n) is 2.95. The lowest BCUT2D eigenvalue weighted by atomic mass is 10.1. The van der Waals surface area contributed by atoms with Gasteiger partial charge in [0.15, 0.2) is 0 Å². The smallest absolute Gasteiger partial charge is 0.416 e. The molecule has 3 aromatic carbocycles. The first kappa shape index (κ1) is 21.6. The third-order valence-electron chi connectivity index (χ3n) is 4.51. The molecule has 4 rings (SSSR count). The number of anilines is 1. The van der Waals surface area contributed by atoms with Gasteiger partial charge in [0.2, 0.25) is 0 Å². The van der Waals surface area contributed by atoms with Crippen molar-refractivity contribution < 1.29 is 22.7 Å². The van der Waals surface area contributed by atoms with Crippen molar-refractivity contribution in [2.45, 2.75) is 12.8 Å². The van der Waals surface area contributed by atoms with Crippen LogP contribution in [0.15, 0.2) is 84.2 Å². The Morgan fingerprint density at radius 1 is 0.969 bits per heavy atom. The molecule has 1 heterocycles. The molecule has 0 spiro atoms. The van der Waals surface area contributed by atoms with E-state index in [2.05, 4.69) is 10.3 Å². The number of carbonyl (C=O) groups excluding carboxylic acids is 1. The summed E-state index contributed by atoms with van der Waals surface area (Å²) in [6.45, 7) is -0.00399. The molecule has 1 amide bonds. The van der Waals surface area contributed by atoms with Crippen molar-refractivity contribution in [1.29, 1.82) is 0 Å². The van der Waals surface area contributed by atoms with Crippen molar-refractivity contribution in [3.8, 4) is 16.3 Å². The molecular formula is C24H17F3N2O2S. The molecule has 4 nitrogen and oxygen atoms in total. The fourth-order valence-corrected chi connectivity index (χ4v) is 3.75. The number of para-hydroxylation sites is 1. The van der Waals surface area contributed by atoms with Crippen molar-refractivity contribution in [2.24, 2.45) is 0 Å². The van der Waals surface area contributed by atoms with Crippen molar-refractivity contribution in [2.75, 3.05) is 5.32 Å². The number of amides is 1. The predicted molar refractivity (Wildman–Crippen MR) is 118 cm³/mol. The van der Waals surface area contributed by atoms with E-state index in [4.69, 9.17) is 4.74 Å². The molecule has 32 heavy (non-hydrogen) atoms. The van der Waals surface area contributed by atoms with Gasteiger partial charge in [0.05, 0.1) is 5.56 Å². The molecule has 0 fully saturated rings. The first-order chi connectivity index (χ1) is 15.4. The minimum Gasteiger partial charge on any atom is -0.489 e. The summed E-state index contributed by atoms with van der Waals surface area (Å²) in [6.07, 6.45) is -4.40. The fraction of sp³-hybridized carbons (Fsp3) is 0.0833. The third kappa shape index (κ3) is 5.33. The number of hydrogen-bond acceptors (Lipinski definition) is 4. The Morgan fingerprint density at radius 3 is 2.53 bits per heavy atom. The Balaban J connectivity index is 1.44. The van der Waals surface area contributed by atoms with Gasteiger partial charge in [-0.2, -0.15) is 13.2 Å². The summed E-state index contributed by atoms with van der Waals surface area (Å²) in [7, 11) is 0. The minimum atomic E-state index is -4.40. The van der Waals surface area contributed by atoms with Crippen LogP contribution in [0.25, 0.3) is 10.6 Å². The van der Waals surface area contributed by atoms with E-state index in [1.807, 2.05) is 24.3 Å². The second kappa shape index (κ2) is 9.23. The molecule has 0 unspecified atom stereocenters. The molecule has 1 aromatic heterocycles. The maximum Gasteiger partial charge on any atom is 0.416 e. The molecule has 0 saturated heterocycles. The van der Waals surface area contributed by atoms with Crippen LogP contribution >= 0.6 is 11.3 Å². The lowest BCUT2D eigenvalue weighted by molar-refractivity contribution is -0.137. The number of aromatic nitrogens is 1. The largest absolute Gasteiger partial charge is 0.489 e. The highest BCUT2D eigenvalue weighted by atomic mass is 32.1. The molecule has 1 N–H and O–H groups in total. The average Bonchev–Trinajstić information content (AvgIpc) is 3.29. The zero-order valence-electron chi connectivity index (χ0n) is 16.6. The van der Waals surface area contributed by atoms with Gasteiger partial charge in [0.1, 0.15) is 23.1 Å². The Morgan fingerprint density at radius 2 is 1.75 bits per heavy atom. The summed E-state index contributed by atoms with van der Waals surface area (Å²) in [4.78, 5) is 16.8. The number of benzene rings is 3. The maximum atomic E-state index is 12.9. The molecule has 0 bridgehead atoms. The number of nitrogens with one attached hydrogen (secondary N) is 1. The SMILES string of the molecule is O=C(Nc1ccccc1)c1csc(-c2cccc(OCc3cccc(C(F)(F)F)c3)c2)n1. The van der Waals surface area contributed by atoms with Crippen LogP contribution in [0, 0.1) is 0 Å². The van der Waals surface area contributed by atoms with Gasteiger partial charge in [0, 0.05) is 16.6 Å². The van der Waals surface area contributed by atoms with E-state index in [9.17, 15) is 18.0 Å². The summed E-state index contributed by atoms with van der Waals surface area (Å²) < 4.78 is 44.3. The minimum absolute atomic E-state index is 0.00399. The molecule has 8 heteroatoms. The average molecular weight is 454 g/mol. The van der Waals surface area contributed by atoms with Crippen LogP contribution in [-0.2, 0) is 12.8 Å². The van der Waals surface area contributed by atoms with Gasteiger partial charge in [0.25, 0.3) is 5.91 Å². The summed E-state index contributed by atoms with van der Waals surface area (Å²) in [5, 5.41) is 5.09. The van der Waals surface area contributed by atoms with Crippen LogP contribution in [0.1, 0.15) is 21.6 Å². The normalized spacial score (nSPS) is 11.2. The first-order valence-corrected chi connectivity index (χ1v) is 10.5. The van der Waals surface area contributed by atoms with Crippen LogP contribution in [0.5, 0.6) is 5.75 Å². The molecule has 0 atom stereocenters. The molecule has 0 aliphatic heterocycles. The van der Waals surface area contributed by atoms with Crippen molar-refractivity contribution >= 4 is 22.9 Å². The standard InChI is InChI=1S/C24H17F3N2O2S/c25-24(26,27)18-8-4-6-16(12-18)14-31-20-11-5-7-17(13-20)23-29-21(15-32-23)22(30)28-19-9-2-1-3-10-19/h1-13,15H,14H2,(H,28,30). The number of rotatable bonds is 6. The molecular weight excluding hydrogens is 437 g/mol. The van der Waals surface area contributed by atoms with Crippen LogP contribution < -0.4 is 10.1 Å². The lowest BCUT2D eigenvalue weighted by Crippen LogP contribution is -2.12. The zero-order valence-corrected chi connectivity index (χ0v) is 17.4. The quantitative estimate of drug-likeness (QED) is 0.354. The molecule has 0 saturated carbocycles. The summed E-state index contributed by atoms with van der Waals surface area (Å²) >= 11 is 1.32. The van der Waals surface area contributed by atoms with E-state index in [0.29, 0.717) is 27.7 Å². The Kier molecular flexibility index (Phi) is 6.23. The highest BCUT2D eigenvalue weighted by Crippen LogP contribution is 2.30. The highest BCUT2D eigenvalue weighted by molar-refractivity contribution is 7.13. The van der Waals surface area contributed by atoms with Gasteiger partial charge >= 0.3 is 6.18 Å². The van der Waals surface area contributed by atoms with Crippen LogP contribution in [0.2, 0.25) is 0 Å². The van der Waals surface area contributed by atoms with Gasteiger partial charge in [-0.05, 0) is 42.0 Å². The number of halogens is 3. The van der Waals surface area contributed by atoms with Crippen molar-refractivity contribution in [3.63, 3.8) is 0 Å². The molecule has 162 valence electrons. The zero-order chi connectivity index (χ0) is 22.6. The van der Waals surface area contributed by atoms with Crippen LogP contribution in [-0.4, -0.2) is 10.9 Å². The molecule has 0 aliphatic rings. The van der Waals surface area contributed by atoms with E-state index < -0.39 is 11.7 Å². The number of hydrogen-bond donors (Lipinski definition) is 1. The van der Waals surface area contributed by atoms with Gasteiger partial charge in [-0.25, -0.2) is 4.98 Å². The van der Waals surface area contributed by atoms with Gasteiger partial charge in [-0.3, -0.25) is 4.79 Å².